The second-order valence-corrected chi connectivity index (χ2v) is 9.84. The second-order valence-electron chi connectivity index (χ2n) is 7.52. The number of nitrogens with zero attached hydrogens (tertiary/aromatic N) is 1. The Morgan fingerprint density at radius 3 is 2.63 bits per heavy atom. The number of thioether (sulfide) groups is 2. The van der Waals surface area contributed by atoms with Crippen molar-refractivity contribution in [2.24, 2.45) is 11.8 Å². The number of carbonyl (C=O) groups excluding carboxylic acids is 1. The number of unbranched alkanes of at least 4 members (excludes halogenated alkanes) is 1. The Labute approximate surface area is 171 Å². The van der Waals surface area contributed by atoms with Crippen molar-refractivity contribution in [2.75, 3.05) is 24.3 Å². The maximum Gasteiger partial charge on any atom is 0.245 e. The minimum Gasteiger partial charge on any atom is -0.374 e. The fourth-order valence-corrected chi connectivity index (χ4v) is 6.48. The standard InChI is InChI=1S/C21H31NO3S2/c1-22(24)21(23)9-5-6-13-26-15-18-17(19-10-11-20(18)25-19)12-14-27-16-7-3-2-4-8-16/h2-4,7-8,17-20,24H,5-6,9-15H2,1H3/t17-,18+,19-,20+/m0/s1. The average Bonchev–Trinajstić information content (AvgIpc) is 3.27. The maximum absolute atomic E-state index is 11.4. The first kappa shape index (κ1) is 21.0. The van der Waals surface area contributed by atoms with Crippen LogP contribution in [-0.4, -0.2) is 52.7 Å². The molecule has 2 heterocycles. The summed E-state index contributed by atoms with van der Waals surface area (Å²) in [4.78, 5) is 12.7. The van der Waals surface area contributed by atoms with Crippen LogP contribution < -0.4 is 0 Å². The summed E-state index contributed by atoms with van der Waals surface area (Å²) < 4.78 is 6.24. The highest BCUT2D eigenvalue weighted by atomic mass is 32.2. The molecule has 0 unspecified atom stereocenters. The van der Waals surface area contributed by atoms with Crippen molar-refractivity contribution in [1.82, 2.24) is 5.06 Å². The van der Waals surface area contributed by atoms with Crippen molar-refractivity contribution < 1.29 is 14.7 Å². The van der Waals surface area contributed by atoms with Gasteiger partial charge in [-0.3, -0.25) is 10.0 Å². The first-order chi connectivity index (χ1) is 13.1. The molecule has 0 spiro atoms. The predicted octanol–water partition coefficient (Wildman–Crippen LogP) is 4.71. The molecule has 2 bridgehead atoms. The van der Waals surface area contributed by atoms with Crippen molar-refractivity contribution in [1.29, 1.82) is 0 Å². The quantitative estimate of drug-likeness (QED) is 0.248. The van der Waals surface area contributed by atoms with Gasteiger partial charge in [-0.1, -0.05) is 18.2 Å². The zero-order valence-electron chi connectivity index (χ0n) is 16.1. The summed E-state index contributed by atoms with van der Waals surface area (Å²) in [6, 6.07) is 10.7. The summed E-state index contributed by atoms with van der Waals surface area (Å²) in [6.07, 6.45) is 6.97. The number of carbonyl (C=O) groups is 1. The lowest BCUT2D eigenvalue weighted by Crippen LogP contribution is -2.29. The van der Waals surface area contributed by atoms with Gasteiger partial charge >= 0.3 is 0 Å². The van der Waals surface area contributed by atoms with E-state index in [0.717, 1.165) is 18.6 Å². The van der Waals surface area contributed by atoms with Crippen LogP contribution in [0.3, 0.4) is 0 Å². The molecule has 1 N–H and O–H groups in total. The molecule has 4 nitrogen and oxygen atoms in total. The summed E-state index contributed by atoms with van der Waals surface area (Å²) in [6.45, 7) is 0. The Hall–Kier alpha value is -0.690. The number of fused-ring (bicyclic) bond motifs is 2. The van der Waals surface area contributed by atoms with Gasteiger partial charge in [0.05, 0.1) is 12.2 Å². The Bertz CT molecular complexity index is 584. The van der Waals surface area contributed by atoms with E-state index in [4.69, 9.17) is 9.94 Å². The molecule has 2 fully saturated rings. The molecule has 1 amide bonds. The summed E-state index contributed by atoms with van der Waals surface area (Å²) in [5, 5.41) is 9.76. The third kappa shape index (κ3) is 6.14. The lowest BCUT2D eigenvalue weighted by atomic mass is 9.79. The van der Waals surface area contributed by atoms with Gasteiger partial charge in [0, 0.05) is 18.4 Å². The molecule has 2 aliphatic rings. The fourth-order valence-electron chi connectivity index (χ4n) is 4.19. The highest BCUT2D eigenvalue weighted by Crippen LogP contribution is 2.46. The number of ether oxygens (including phenoxy) is 1. The van der Waals surface area contributed by atoms with Crippen LogP contribution in [0.15, 0.2) is 35.2 Å². The van der Waals surface area contributed by atoms with Crippen molar-refractivity contribution in [3.8, 4) is 0 Å². The summed E-state index contributed by atoms with van der Waals surface area (Å²) >= 11 is 3.97. The lowest BCUT2D eigenvalue weighted by molar-refractivity contribution is -0.159. The van der Waals surface area contributed by atoms with E-state index in [9.17, 15) is 4.79 Å². The molecule has 0 aliphatic carbocycles. The monoisotopic (exact) mass is 409 g/mol. The highest BCUT2D eigenvalue weighted by molar-refractivity contribution is 7.99. The third-order valence-electron chi connectivity index (χ3n) is 5.65. The van der Waals surface area contributed by atoms with Crippen LogP contribution >= 0.6 is 23.5 Å². The molecule has 0 saturated carbocycles. The van der Waals surface area contributed by atoms with Crippen LogP contribution in [0.25, 0.3) is 0 Å². The van der Waals surface area contributed by atoms with Crippen molar-refractivity contribution >= 4 is 29.4 Å². The van der Waals surface area contributed by atoms with Crippen molar-refractivity contribution in [3.63, 3.8) is 0 Å². The van der Waals surface area contributed by atoms with Gasteiger partial charge in [-0.15, -0.1) is 11.8 Å². The molecule has 6 heteroatoms. The molecule has 3 rings (SSSR count). The Balaban J connectivity index is 1.35. The molecule has 4 atom stereocenters. The van der Waals surface area contributed by atoms with Crippen molar-refractivity contribution in [2.45, 2.75) is 55.6 Å². The number of hydroxylamine groups is 2. The first-order valence-corrected chi connectivity index (χ1v) is 12.2. The molecule has 150 valence electrons. The third-order valence-corrected chi connectivity index (χ3v) is 7.90. The summed E-state index contributed by atoms with van der Waals surface area (Å²) in [5.41, 5.74) is 0. The fraction of sp³-hybridized carbons (Fsp3) is 0.667. The van der Waals surface area contributed by atoms with Gasteiger partial charge in [-0.25, -0.2) is 5.06 Å². The first-order valence-electron chi connectivity index (χ1n) is 10.0. The molecule has 0 aromatic heterocycles. The Morgan fingerprint density at radius 2 is 1.89 bits per heavy atom. The van der Waals surface area contributed by atoms with E-state index in [0.29, 0.717) is 35.5 Å². The predicted molar refractivity (Wildman–Crippen MR) is 112 cm³/mol. The Kier molecular flexibility index (Phi) is 8.37. The van der Waals surface area contributed by atoms with E-state index < -0.39 is 0 Å². The SMILES string of the molecule is CN(O)C(=O)CCCCSC[C@@H]1[C@H](CCSc2ccccc2)[C@@H]2CC[C@H]1O2. The lowest BCUT2D eigenvalue weighted by Gasteiger charge is -2.27. The zero-order valence-corrected chi connectivity index (χ0v) is 17.7. The van der Waals surface area contributed by atoms with E-state index in [1.807, 2.05) is 23.5 Å². The minimum absolute atomic E-state index is 0.197. The molecule has 1 aromatic rings. The van der Waals surface area contributed by atoms with Crippen LogP contribution in [-0.2, 0) is 9.53 Å². The molecule has 0 radical (unpaired) electrons. The van der Waals surface area contributed by atoms with Crippen molar-refractivity contribution in [3.05, 3.63) is 30.3 Å². The second kappa shape index (κ2) is 10.7. The molecular weight excluding hydrogens is 378 g/mol. The Morgan fingerprint density at radius 1 is 1.15 bits per heavy atom. The van der Waals surface area contributed by atoms with E-state index in [2.05, 4.69) is 30.3 Å². The number of amides is 1. The topological polar surface area (TPSA) is 49.8 Å². The largest absolute Gasteiger partial charge is 0.374 e. The van der Waals surface area contributed by atoms with E-state index in [-0.39, 0.29) is 5.91 Å². The van der Waals surface area contributed by atoms with E-state index >= 15 is 0 Å². The number of rotatable bonds is 11. The van der Waals surface area contributed by atoms with Crippen LogP contribution in [0.2, 0.25) is 0 Å². The maximum atomic E-state index is 11.4. The summed E-state index contributed by atoms with van der Waals surface area (Å²) in [7, 11) is 1.39. The van der Waals surface area contributed by atoms with Gasteiger partial charge in [0.25, 0.3) is 0 Å². The van der Waals surface area contributed by atoms with Crippen LogP contribution in [0.4, 0.5) is 0 Å². The van der Waals surface area contributed by atoms with Gasteiger partial charge in [0.2, 0.25) is 5.91 Å². The van der Waals surface area contributed by atoms with Crippen LogP contribution in [0.5, 0.6) is 0 Å². The number of benzene rings is 1. The highest BCUT2D eigenvalue weighted by Gasteiger charge is 2.47. The number of hydrogen-bond acceptors (Lipinski definition) is 5. The molecule has 27 heavy (non-hydrogen) atoms. The van der Waals surface area contributed by atoms with Crippen LogP contribution in [0.1, 0.15) is 38.5 Å². The molecule has 1 aromatic carbocycles. The van der Waals surface area contributed by atoms with Gasteiger partial charge in [-0.05, 0) is 73.3 Å². The van der Waals surface area contributed by atoms with Gasteiger partial charge in [0.1, 0.15) is 0 Å². The zero-order chi connectivity index (χ0) is 19.1. The van der Waals surface area contributed by atoms with Crippen LogP contribution in [0, 0.1) is 11.8 Å². The van der Waals surface area contributed by atoms with Gasteiger partial charge in [0.15, 0.2) is 0 Å². The normalized spacial score (nSPS) is 26.4. The average molecular weight is 410 g/mol. The number of hydrogen-bond donors (Lipinski definition) is 1. The van der Waals surface area contributed by atoms with E-state index in [1.54, 1.807) is 0 Å². The van der Waals surface area contributed by atoms with E-state index in [1.165, 1.54) is 42.7 Å². The molecule has 2 saturated heterocycles. The minimum atomic E-state index is -0.197. The molecule has 2 aliphatic heterocycles. The smallest absolute Gasteiger partial charge is 0.245 e. The molecular formula is C21H31NO3S2. The van der Waals surface area contributed by atoms with Gasteiger partial charge in [-0.2, -0.15) is 11.8 Å². The van der Waals surface area contributed by atoms with Gasteiger partial charge < -0.3 is 4.74 Å². The summed E-state index contributed by atoms with van der Waals surface area (Å²) in [5.74, 6) is 4.63.